The van der Waals surface area contributed by atoms with Crippen molar-refractivity contribution in [3.8, 4) is 5.75 Å². The zero-order valence-corrected chi connectivity index (χ0v) is 15.1. The van der Waals surface area contributed by atoms with Gasteiger partial charge in [-0.05, 0) is 63.1 Å². The molecular formula is C20H25ClN2O. The third-order valence-corrected chi connectivity index (χ3v) is 4.46. The van der Waals surface area contributed by atoms with E-state index in [9.17, 15) is 0 Å². The molecule has 0 aromatic heterocycles. The van der Waals surface area contributed by atoms with Crippen LogP contribution in [0.1, 0.15) is 26.7 Å². The summed E-state index contributed by atoms with van der Waals surface area (Å²) in [4.78, 5) is 2.48. The standard InChI is InChI=1S/C20H25ClN2O/c1-20(2)15-23(19-8-4-3-7-18(19)22-20)13-5-6-14-24-17-11-9-16(21)10-12-17/h3-4,7-12,22H,5-6,13-15H2,1-2H3. The van der Waals surface area contributed by atoms with E-state index in [0.717, 1.165) is 43.3 Å². The lowest BCUT2D eigenvalue weighted by Gasteiger charge is -2.42. The van der Waals surface area contributed by atoms with Crippen LogP contribution in [0.25, 0.3) is 0 Å². The second-order valence-electron chi connectivity index (χ2n) is 6.96. The van der Waals surface area contributed by atoms with Crippen LogP contribution in [0.2, 0.25) is 5.02 Å². The maximum atomic E-state index is 5.88. The van der Waals surface area contributed by atoms with Crippen molar-refractivity contribution in [3.63, 3.8) is 0 Å². The molecule has 24 heavy (non-hydrogen) atoms. The molecule has 1 aliphatic rings. The highest BCUT2D eigenvalue weighted by atomic mass is 35.5. The maximum absolute atomic E-state index is 5.88. The summed E-state index contributed by atoms with van der Waals surface area (Å²) >= 11 is 5.88. The van der Waals surface area contributed by atoms with E-state index in [1.54, 1.807) is 0 Å². The van der Waals surface area contributed by atoms with E-state index in [-0.39, 0.29) is 5.54 Å². The zero-order chi connectivity index (χ0) is 17.0. The number of benzene rings is 2. The molecule has 0 saturated heterocycles. The molecule has 3 rings (SSSR count). The molecule has 0 aliphatic carbocycles. The minimum Gasteiger partial charge on any atom is -0.494 e. The molecule has 1 N–H and O–H groups in total. The van der Waals surface area contributed by atoms with Crippen molar-refractivity contribution in [2.45, 2.75) is 32.2 Å². The third kappa shape index (κ3) is 4.35. The number of nitrogens with zero attached hydrogens (tertiary/aromatic N) is 1. The smallest absolute Gasteiger partial charge is 0.119 e. The summed E-state index contributed by atoms with van der Waals surface area (Å²) in [5, 5.41) is 4.35. The predicted molar refractivity (Wildman–Crippen MR) is 103 cm³/mol. The first-order chi connectivity index (χ1) is 11.5. The molecule has 0 atom stereocenters. The van der Waals surface area contributed by atoms with Crippen LogP contribution in [0.4, 0.5) is 11.4 Å². The number of anilines is 2. The van der Waals surface area contributed by atoms with Crippen molar-refractivity contribution in [2.24, 2.45) is 0 Å². The molecule has 2 aromatic carbocycles. The van der Waals surface area contributed by atoms with Crippen molar-refractivity contribution >= 4 is 23.0 Å². The monoisotopic (exact) mass is 344 g/mol. The van der Waals surface area contributed by atoms with E-state index in [4.69, 9.17) is 16.3 Å². The molecular weight excluding hydrogens is 320 g/mol. The van der Waals surface area contributed by atoms with Crippen molar-refractivity contribution in [3.05, 3.63) is 53.6 Å². The molecule has 0 saturated carbocycles. The summed E-state index contributed by atoms with van der Waals surface area (Å²) in [5.74, 6) is 0.882. The Bertz CT molecular complexity index is 670. The van der Waals surface area contributed by atoms with Crippen molar-refractivity contribution in [2.75, 3.05) is 29.9 Å². The van der Waals surface area contributed by atoms with Gasteiger partial charge in [0.15, 0.2) is 0 Å². The van der Waals surface area contributed by atoms with E-state index < -0.39 is 0 Å². The van der Waals surface area contributed by atoms with Crippen molar-refractivity contribution < 1.29 is 4.74 Å². The number of fused-ring (bicyclic) bond motifs is 1. The highest BCUT2D eigenvalue weighted by molar-refractivity contribution is 6.30. The van der Waals surface area contributed by atoms with E-state index in [0.29, 0.717) is 0 Å². The Morgan fingerprint density at radius 1 is 1.08 bits per heavy atom. The molecule has 1 heterocycles. The van der Waals surface area contributed by atoms with Crippen molar-refractivity contribution in [1.82, 2.24) is 0 Å². The lowest BCUT2D eigenvalue weighted by Crippen LogP contribution is -2.48. The van der Waals surface area contributed by atoms with Crippen LogP contribution in [0.5, 0.6) is 5.75 Å². The lowest BCUT2D eigenvalue weighted by atomic mass is 9.99. The highest BCUT2D eigenvalue weighted by Gasteiger charge is 2.28. The third-order valence-electron chi connectivity index (χ3n) is 4.21. The number of hydrogen-bond acceptors (Lipinski definition) is 3. The Morgan fingerprint density at radius 2 is 1.83 bits per heavy atom. The van der Waals surface area contributed by atoms with Crippen molar-refractivity contribution in [1.29, 1.82) is 0 Å². The zero-order valence-electron chi connectivity index (χ0n) is 14.4. The molecule has 2 aromatic rings. The van der Waals surface area contributed by atoms with E-state index in [1.165, 1.54) is 11.4 Å². The molecule has 0 amide bonds. The predicted octanol–water partition coefficient (Wildman–Crippen LogP) is 5.21. The number of unbranched alkanes of at least 4 members (excludes halogenated alkanes) is 1. The average molecular weight is 345 g/mol. The molecule has 4 heteroatoms. The Morgan fingerprint density at radius 3 is 2.62 bits per heavy atom. The molecule has 0 spiro atoms. The highest BCUT2D eigenvalue weighted by Crippen LogP contribution is 2.34. The van der Waals surface area contributed by atoms with Crippen LogP contribution in [-0.4, -0.2) is 25.2 Å². The summed E-state index contributed by atoms with van der Waals surface area (Å²) in [5.41, 5.74) is 2.62. The van der Waals surface area contributed by atoms with E-state index >= 15 is 0 Å². The first kappa shape index (κ1) is 17.0. The average Bonchev–Trinajstić information content (AvgIpc) is 2.55. The first-order valence-electron chi connectivity index (χ1n) is 8.54. The lowest BCUT2D eigenvalue weighted by molar-refractivity contribution is 0.307. The van der Waals surface area contributed by atoms with Gasteiger partial charge in [-0.15, -0.1) is 0 Å². The van der Waals surface area contributed by atoms with Gasteiger partial charge < -0.3 is 15.0 Å². The molecule has 1 aliphatic heterocycles. The Hall–Kier alpha value is -1.87. The van der Waals surface area contributed by atoms with Gasteiger partial charge in [0.1, 0.15) is 5.75 Å². The Balaban J connectivity index is 1.49. The van der Waals surface area contributed by atoms with Crippen LogP contribution >= 0.6 is 11.6 Å². The molecule has 0 fully saturated rings. The van der Waals surface area contributed by atoms with Gasteiger partial charge in [0.05, 0.1) is 18.0 Å². The van der Waals surface area contributed by atoms with Gasteiger partial charge in [-0.1, -0.05) is 23.7 Å². The van der Waals surface area contributed by atoms with Crippen LogP contribution in [-0.2, 0) is 0 Å². The number of ether oxygens (including phenoxy) is 1. The van der Waals surface area contributed by atoms with Gasteiger partial charge in [0.2, 0.25) is 0 Å². The van der Waals surface area contributed by atoms with Gasteiger partial charge in [-0.25, -0.2) is 0 Å². The second-order valence-corrected chi connectivity index (χ2v) is 7.39. The SMILES string of the molecule is CC1(C)CN(CCCCOc2ccc(Cl)cc2)c2ccccc2N1. The fourth-order valence-corrected chi connectivity index (χ4v) is 3.27. The normalized spacial score (nSPS) is 15.5. The largest absolute Gasteiger partial charge is 0.494 e. The summed E-state index contributed by atoms with van der Waals surface area (Å²) < 4.78 is 5.77. The Labute approximate surface area is 149 Å². The number of rotatable bonds is 6. The van der Waals surface area contributed by atoms with Crippen LogP contribution in [0.3, 0.4) is 0 Å². The fourth-order valence-electron chi connectivity index (χ4n) is 3.15. The minimum absolute atomic E-state index is 0.0914. The summed E-state index contributed by atoms with van der Waals surface area (Å²) in [6, 6.07) is 16.1. The second kappa shape index (κ2) is 7.35. The first-order valence-corrected chi connectivity index (χ1v) is 8.92. The molecule has 0 unspecified atom stereocenters. The van der Waals surface area contributed by atoms with Crippen LogP contribution in [0.15, 0.2) is 48.5 Å². The summed E-state index contributed by atoms with van der Waals surface area (Å²) in [7, 11) is 0. The van der Waals surface area contributed by atoms with Gasteiger partial charge >= 0.3 is 0 Å². The van der Waals surface area contributed by atoms with Gasteiger partial charge in [0, 0.05) is 23.7 Å². The Kier molecular flexibility index (Phi) is 5.20. The topological polar surface area (TPSA) is 24.5 Å². The van der Waals surface area contributed by atoms with Gasteiger partial charge in [-0.3, -0.25) is 0 Å². The summed E-state index contributed by atoms with van der Waals surface area (Å²) in [6.45, 7) is 7.30. The summed E-state index contributed by atoms with van der Waals surface area (Å²) in [6.07, 6.45) is 2.15. The molecule has 128 valence electrons. The minimum atomic E-state index is 0.0914. The molecule has 0 radical (unpaired) electrons. The van der Waals surface area contributed by atoms with E-state index in [1.807, 2.05) is 24.3 Å². The number of halogens is 1. The number of nitrogens with one attached hydrogen (secondary N) is 1. The van der Waals surface area contributed by atoms with Gasteiger partial charge in [-0.2, -0.15) is 0 Å². The molecule has 0 bridgehead atoms. The quantitative estimate of drug-likeness (QED) is 0.728. The maximum Gasteiger partial charge on any atom is 0.119 e. The van der Waals surface area contributed by atoms with Crippen LogP contribution < -0.4 is 15.0 Å². The van der Waals surface area contributed by atoms with E-state index in [2.05, 4.69) is 48.3 Å². The van der Waals surface area contributed by atoms with Gasteiger partial charge in [0.25, 0.3) is 0 Å². The number of para-hydroxylation sites is 2. The number of hydrogen-bond donors (Lipinski definition) is 1. The molecule has 3 nitrogen and oxygen atoms in total. The fraction of sp³-hybridized carbons (Fsp3) is 0.400. The van der Waals surface area contributed by atoms with Crippen LogP contribution in [0, 0.1) is 0 Å².